The maximum Gasteiger partial charge on any atom is 0.255 e. The van der Waals surface area contributed by atoms with Gasteiger partial charge in [-0.15, -0.1) is 0 Å². The molecule has 0 unspecified atom stereocenters. The van der Waals surface area contributed by atoms with Crippen molar-refractivity contribution >= 4 is 11.8 Å². The molecule has 3 saturated heterocycles. The lowest BCUT2D eigenvalue weighted by Gasteiger charge is -2.41. The zero-order valence-corrected chi connectivity index (χ0v) is 14.3. The molecule has 0 spiro atoms. The fourth-order valence-electron chi connectivity index (χ4n) is 4.43. The third-order valence-corrected chi connectivity index (χ3v) is 5.77. The molecule has 134 valence electrons. The van der Waals surface area contributed by atoms with Gasteiger partial charge in [-0.3, -0.25) is 9.59 Å². The SMILES string of the molecule is O=C1CC[C@@H]2[C@@H](CCN2C(=O)c2ccnnc2)N1CC1CCOCC1. The molecule has 7 heteroatoms. The number of fused-ring (bicyclic) bond motifs is 1. The Morgan fingerprint density at radius 3 is 2.76 bits per heavy atom. The Kier molecular flexibility index (Phi) is 4.65. The maximum atomic E-state index is 12.8. The second kappa shape index (κ2) is 7.07. The summed E-state index contributed by atoms with van der Waals surface area (Å²) in [4.78, 5) is 29.3. The average molecular weight is 344 g/mol. The molecule has 4 heterocycles. The number of rotatable bonds is 3. The Labute approximate surface area is 147 Å². The molecule has 4 rings (SSSR count). The molecule has 25 heavy (non-hydrogen) atoms. The summed E-state index contributed by atoms with van der Waals surface area (Å²) in [5, 5.41) is 7.55. The van der Waals surface area contributed by atoms with E-state index < -0.39 is 0 Å². The van der Waals surface area contributed by atoms with Crippen molar-refractivity contribution in [2.75, 3.05) is 26.3 Å². The van der Waals surface area contributed by atoms with Gasteiger partial charge in [-0.05, 0) is 37.7 Å². The minimum Gasteiger partial charge on any atom is -0.381 e. The van der Waals surface area contributed by atoms with E-state index in [9.17, 15) is 9.59 Å². The van der Waals surface area contributed by atoms with Crippen LogP contribution in [-0.2, 0) is 9.53 Å². The first kappa shape index (κ1) is 16.4. The molecule has 0 saturated carbocycles. The van der Waals surface area contributed by atoms with E-state index >= 15 is 0 Å². The molecule has 3 aliphatic rings. The molecular weight excluding hydrogens is 320 g/mol. The molecule has 3 fully saturated rings. The van der Waals surface area contributed by atoms with Gasteiger partial charge in [0.05, 0.1) is 30.0 Å². The highest BCUT2D eigenvalue weighted by molar-refractivity contribution is 5.94. The van der Waals surface area contributed by atoms with E-state index in [2.05, 4.69) is 15.1 Å². The first-order valence-corrected chi connectivity index (χ1v) is 9.19. The van der Waals surface area contributed by atoms with Gasteiger partial charge >= 0.3 is 0 Å². The van der Waals surface area contributed by atoms with E-state index in [0.717, 1.165) is 45.4 Å². The van der Waals surface area contributed by atoms with Crippen LogP contribution in [0.1, 0.15) is 42.5 Å². The number of nitrogens with zero attached hydrogens (tertiary/aromatic N) is 4. The van der Waals surface area contributed by atoms with E-state index in [1.54, 1.807) is 12.3 Å². The molecule has 3 aliphatic heterocycles. The Morgan fingerprint density at radius 1 is 1.16 bits per heavy atom. The molecule has 1 aromatic heterocycles. The zero-order chi connectivity index (χ0) is 17.2. The van der Waals surface area contributed by atoms with E-state index in [0.29, 0.717) is 24.4 Å². The lowest BCUT2D eigenvalue weighted by atomic mass is 9.92. The molecule has 0 bridgehead atoms. The molecule has 2 atom stereocenters. The smallest absolute Gasteiger partial charge is 0.255 e. The standard InChI is InChI=1S/C18H24N4O3/c23-17-2-1-15-16(22(17)12-13-5-9-25-10-6-13)4-8-21(15)18(24)14-3-7-19-20-11-14/h3,7,11,13,15-16H,1-2,4-6,8-10,12H2/t15-,16-/m1/s1. The quantitative estimate of drug-likeness (QED) is 0.821. The summed E-state index contributed by atoms with van der Waals surface area (Å²) < 4.78 is 5.43. The van der Waals surface area contributed by atoms with Gasteiger partial charge < -0.3 is 14.5 Å². The number of carbonyl (C=O) groups excluding carboxylic acids is 2. The normalized spacial score (nSPS) is 27.4. The maximum absolute atomic E-state index is 12.8. The Balaban J connectivity index is 1.48. The second-order valence-corrected chi connectivity index (χ2v) is 7.19. The lowest BCUT2D eigenvalue weighted by Crippen LogP contribution is -2.54. The minimum atomic E-state index is 0.00256. The summed E-state index contributed by atoms with van der Waals surface area (Å²) in [6, 6.07) is 1.98. The largest absolute Gasteiger partial charge is 0.381 e. The highest BCUT2D eigenvalue weighted by Crippen LogP contribution is 2.33. The number of ether oxygens (including phenoxy) is 1. The lowest BCUT2D eigenvalue weighted by molar-refractivity contribution is -0.138. The predicted octanol–water partition coefficient (Wildman–Crippen LogP) is 1.11. The van der Waals surface area contributed by atoms with Crippen molar-refractivity contribution in [2.45, 2.75) is 44.2 Å². The van der Waals surface area contributed by atoms with Crippen LogP contribution in [0.15, 0.2) is 18.5 Å². The van der Waals surface area contributed by atoms with E-state index in [-0.39, 0.29) is 23.9 Å². The zero-order valence-electron chi connectivity index (χ0n) is 14.3. The summed E-state index contributed by atoms with van der Waals surface area (Å²) >= 11 is 0. The topological polar surface area (TPSA) is 75.6 Å². The number of likely N-dealkylation sites (tertiary alicyclic amines) is 2. The fraction of sp³-hybridized carbons (Fsp3) is 0.667. The molecule has 2 amide bonds. The van der Waals surface area contributed by atoms with Gasteiger partial charge in [0.2, 0.25) is 5.91 Å². The number of piperidine rings is 1. The van der Waals surface area contributed by atoms with Crippen molar-refractivity contribution in [1.29, 1.82) is 0 Å². The minimum absolute atomic E-state index is 0.00256. The second-order valence-electron chi connectivity index (χ2n) is 7.19. The van der Waals surface area contributed by atoms with Crippen LogP contribution >= 0.6 is 0 Å². The summed E-state index contributed by atoms with van der Waals surface area (Å²) in [6.07, 6.45) is 7.26. The van der Waals surface area contributed by atoms with Gasteiger partial charge in [-0.2, -0.15) is 10.2 Å². The van der Waals surface area contributed by atoms with Crippen molar-refractivity contribution in [1.82, 2.24) is 20.0 Å². The third-order valence-electron chi connectivity index (χ3n) is 5.77. The average Bonchev–Trinajstić information content (AvgIpc) is 3.09. The first-order chi connectivity index (χ1) is 12.2. The molecule has 0 aliphatic carbocycles. The Morgan fingerprint density at radius 2 is 2.00 bits per heavy atom. The van der Waals surface area contributed by atoms with Gasteiger partial charge in [-0.1, -0.05) is 0 Å². The summed E-state index contributed by atoms with van der Waals surface area (Å²) in [5.74, 6) is 0.765. The molecule has 0 N–H and O–H groups in total. The van der Waals surface area contributed by atoms with Crippen LogP contribution in [0.2, 0.25) is 0 Å². The van der Waals surface area contributed by atoms with Crippen LogP contribution in [0.4, 0.5) is 0 Å². The first-order valence-electron chi connectivity index (χ1n) is 9.19. The number of carbonyl (C=O) groups is 2. The van der Waals surface area contributed by atoms with E-state index in [4.69, 9.17) is 4.74 Å². The highest BCUT2D eigenvalue weighted by Gasteiger charge is 2.45. The van der Waals surface area contributed by atoms with Crippen LogP contribution in [0.3, 0.4) is 0 Å². The molecule has 7 nitrogen and oxygen atoms in total. The molecular formula is C18H24N4O3. The van der Waals surface area contributed by atoms with Gasteiger partial charge in [0.25, 0.3) is 5.91 Å². The van der Waals surface area contributed by atoms with Crippen molar-refractivity contribution in [3.63, 3.8) is 0 Å². The molecule has 1 aromatic rings. The summed E-state index contributed by atoms with van der Waals surface area (Å²) in [7, 11) is 0. The van der Waals surface area contributed by atoms with Crippen molar-refractivity contribution in [3.8, 4) is 0 Å². The van der Waals surface area contributed by atoms with Crippen LogP contribution in [0, 0.1) is 5.92 Å². The van der Waals surface area contributed by atoms with Crippen molar-refractivity contribution in [3.05, 3.63) is 24.0 Å². The summed E-state index contributed by atoms with van der Waals surface area (Å²) in [5.41, 5.74) is 0.573. The Hall–Kier alpha value is -2.02. The summed E-state index contributed by atoms with van der Waals surface area (Å²) in [6.45, 7) is 3.09. The Bertz CT molecular complexity index is 632. The predicted molar refractivity (Wildman–Crippen MR) is 89.8 cm³/mol. The fourth-order valence-corrected chi connectivity index (χ4v) is 4.43. The van der Waals surface area contributed by atoms with Gasteiger partial charge in [0, 0.05) is 32.7 Å². The number of hydrogen-bond acceptors (Lipinski definition) is 5. The number of aromatic nitrogens is 2. The monoisotopic (exact) mass is 344 g/mol. The van der Waals surface area contributed by atoms with E-state index in [1.807, 2.05) is 4.90 Å². The molecule has 0 aromatic carbocycles. The number of amides is 2. The molecule has 0 radical (unpaired) electrons. The highest BCUT2D eigenvalue weighted by atomic mass is 16.5. The van der Waals surface area contributed by atoms with Crippen molar-refractivity contribution < 1.29 is 14.3 Å². The number of hydrogen-bond donors (Lipinski definition) is 0. The van der Waals surface area contributed by atoms with Crippen LogP contribution in [-0.4, -0.2) is 70.2 Å². The van der Waals surface area contributed by atoms with Gasteiger partial charge in [-0.25, -0.2) is 0 Å². The van der Waals surface area contributed by atoms with Crippen molar-refractivity contribution in [2.24, 2.45) is 5.92 Å². The van der Waals surface area contributed by atoms with E-state index in [1.165, 1.54) is 6.20 Å². The van der Waals surface area contributed by atoms with Crippen LogP contribution < -0.4 is 0 Å². The van der Waals surface area contributed by atoms with Gasteiger partial charge in [0.15, 0.2) is 0 Å². The van der Waals surface area contributed by atoms with Gasteiger partial charge in [0.1, 0.15) is 0 Å². The third kappa shape index (κ3) is 3.25. The van der Waals surface area contributed by atoms with Crippen LogP contribution in [0.25, 0.3) is 0 Å². The van der Waals surface area contributed by atoms with Crippen LogP contribution in [0.5, 0.6) is 0 Å².